The number of halogens is 2. The molecule has 0 saturated carbocycles. The number of benzene rings is 4. The van der Waals surface area contributed by atoms with Gasteiger partial charge in [0.1, 0.15) is 0 Å². The average Bonchev–Trinajstić information content (AvgIpc) is 3.52. The van der Waals surface area contributed by atoms with Gasteiger partial charge in [0.25, 0.3) is 0 Å². The summed E-state index contributed by atoms with van der Waals surface area (Å²) in [6.07, 6.45) is 8.23. The third-order valence-corrected chi connectivity index (χ3v) is 16.9. The van der Waals surface area contributed by atoms with E-state index in [0.29, 0.717) is 3.63 Å². The van der Waals surface area contributed by atoms with E-state index in [1.165, 1.54) is 55.6 Å². The average molecular weight is 643 g/mol. The summed E-state index contributed by atoms with van der Waals surface area (Å²) in [6, 6.07) is 28.7. The molecule has 0 atom stereocenters. The predicted octanol–water partition coefficient (Wildman–Crippen LogP) is 3.35. The first-order chi connectivity index (χ1) is 18.3. The number of aryl methyl sites for hydroxylation is 6. The zero-order chi connectivity index (χ0) is 26.6. The van der Waals surface area contributed by atoms with Crippen LogP contribution in [0.2, 0.25) is 0 Å². The molecule has 2 aliphatic rings. The molecular formula is C37H36Cl2Zr. The first-order valence-electron chi connectivity index (χ1n) is 13.8. The smallest absolute Gasteiger partial charge is 1.00 e. The van der Waals surface area contributed by atoms with Gasteiger partial charge < -0.3 is 24.8 Å². The topological polar surface area (TPSA) is 0 Å². The van der Waals surface area contributed by atoms with E-state index < -0.39 is 21.3 Å². The van der Waals surface area contributed by atoms with Crippen molar-refractivity contribution in [3.63, 3.8) is 0 Å². The Kier molecular flexibility index (Phi) is 9.41. The second kappa shape index (κ2) is 12.3. The summed E-state index contributed by atoms with van der Waals surface area (Å²) in [6.45, 7) is 13.5. The van der Waals surface area contributed by atoms with Gasteiger partial charge in [-0.2, -0.15) is 0 Å². The van der Waals surface area contributed by atoms with Crippen LogP contribution in [0.25, 0.3) is 11.1 Å². The maximum atomic E-state index is 2.53. The predicted molar refractivity (Wildman–Crippen MR) is 160 cm³/mol. The van der Waals surface area contributed by atoms with Crippen molar-refractivity contribution in [2.45, 2.75) is 51.6 Å². The fourth-order valence-electron chi connectivity index (χ4n) is 6.16. The second-order valence-corrected chi connectivity index (χ2v) is 17.6. The van der Waals surface area contributed by atoms with Gasteiger partial charge in [-0.3, -0.25) is 0 Å². The molecule has 0 aliphatic heterocycles. The van der Waals surface area contributed by atoms with E-state index in [4.69, 9.17) is 0 Å². The molecule has 0 bridgehead atoms. The van der Waals surface area contributed by atoms with Crippen molar-refractivity contribution >= 4 is 3.21 Å². The van der Waals surface area contributed by atoms with Crippen molar-refractivity contribution in [2.24, 2.45) is 0 Å². The molecule has 0 N–H and O–H groups in total. The first kappa shape index (κ1) is 30.6. The zero-order valence-electron chi connectivity index (χ0n) is 24.2. The number of hydrogen-bond donors (Lipinski definition) is 0. The van der Waals surface area contributed by atoms with E-state index in [-0.39, 0.29) is 24.8 Å². The molecule has 0 saturated heterocycles. The van der Waals surface area contributed by atoms with Gasteiger partial charge >= 0.3 is 237 Å². The standard InChI is InChI=1S/C17H17.C15H14.C5H5.2ClH.Zr/c1-10-5-14-9-15-6-11(2)13(4)8-17(15)16(14)7-12(10)3;1-12-3-7-14(8-4-12)11-15-9-5-13(2)6-10-15;1-2-4-5-3-1;;;/h5-9H,1-4H3;3-10H,1-2H3;1-3H,4H2;2*1H;/q;;;;;+2/p-2. The Hall–Kier alpha value is -2.31. The van der Waals surface area contributed by atoms with Crippen molar-refractivity contribution in [1.29, 1.82) is 0 Å². The number of hydrogen-bond acceptors (Lipinski definition) is 0. The third kappa shape index (κ3) is 5.46. The number of allylic oxidation sites excluding steroid dienone is 4. The van der Waals surface area contributed by atoms with Crippen LogP contribution in [0.3, 0.4) is 0 Å². The molecule has 40 heavy (non-hydrogen) atoms. The Bertz CT molecular complexity index is 1560. The van der Waals surface area contributed by atoms with Crippen molar-refractivity contribution in [1.82, 2.24) is 0 Å². The largest absolute Gasteiger partial charge is 1.00 e. The van der Waals surface area contributed by atoms with Gasteiger partial charge in [0.15, 0.2) is 0 Å². The van der Waals surface area contributed by atoms with Gasteiger partial charge in [0, 0.05) is 0 Å². The summed E-state index contributed by atoms with van der Waals surface area (Å²) < 4.78 is 3.79. The Morgan fingerprint density at radius 2 is 1.02 bits per heavy atom. The van der Waals surface area contributed by atoms with Crippen LogP contribution < -0.4 is 24.8 Å². The van der Waals surface area contributed by atoms with E-state index in [9.17, 15) is 0 Å². The zero-order valence-corrected chi connectivity index (χ0v) is 28.2. The van der Waals surface area contributed by atoms with Crippen molar-refractivity contribution < 1.29 is 46.1 Å². The van der Waals surface area contributed by atoms with E-state index in [0.717, 1.165) is 6.42 Å². The minimum atomic E-state index is -2.60. The Morgan fingerprint density at radius 1 is 0.600 bits per heavy atom. The van der Waals surface area contributed by atoms with Gasteiger partial charge in [0.05, 0.1) is 0 Å². The van der Waals surface area contributed by atoms with Gasteiger partial charge in [-0.05, 0) is 0 Å². The summed E-state index contributed by atoms with van der Waals surface area (Å²) in [7, 11) is 0. The molecule has 6 rings (SSSR count). The minimum absolute atomic E-state index is 0. The second-order valence-electron chi connectivity index (χ2n) is 11.3. The van der Waals surface area contributed by atoms with Crippen molar-refractivity contribution in [3.8, 4) is 11.1 Å². The summed E-state index contributed by atoms with van der Waals surface area (Å²) >= 11 is -2.60. The monoisotopic (exact) mass is 640 g/mol. The Morgan fingerprint density at radius 3 is 1.43 bits per heavy atom. The molecule has 202 valence electrons. The maximum Gasteiger partial charge on any atom is -1.00 e. The summed E-state index contributed by atoms with van der Waals surface area (Å²) in [4.78, 5) is 0. The van der Waals surface area contributed by atoms with Crippen LogP contribution in [-0.4, -0.2) is 3.21 Å². The summed E-state index contributed by atoms with van der Waals surface area (Å²) in [5, 5.41) is 0. The molecule has 0 nitrogen and oxygen atoms in total. The van der Waals surface area contributed by atoms with Gasteiger partial charge in [0.2, 0.25) is 0 Å². The molecule has 0 radical (unpaired) electrons. The molecule has 0 amide bonds. The molecule has 0 heterocycles. The fraction of sp³-hybridized carbons (Fsp3) is 0.216. The van der Waals surface area contributed by atoms with E-state index in [1.54, 1.807) is 17.6 Å². The van der Waals surface area contributed by atoms with Gasteiger partial charge in [-0.15, -0.1) is 0 Å². The van der Waals surface area contributed by atoms with E-state index in [1.807, 2.05) is 0 Å². The minimum Gasteiger partial charge on any atom is -1.00 e. The Labute approximate surface area is 260 Å². The van der Waals surface area contributed by atoms with E-state index >= 15 is 0 Å². The number of rotatable bonds is 4. The van der Waals surface area contributed by atoms with Gasteiger partial charge in [-0.25, -0.2) is 0 Å². The molecule has 0 fully saturated rings. The van der Waals surface area contributed by atoms with Crippen LogP contribution in [0.15, 0.2) is 94.3 Å². The fourth-order valence-corrected chi connectivity index (χ4v) is 15.1. The van der Waals surface area contributed by atoms with Crippen LogP contribution in [0, 0.1) is 41.5 Å². The van der Waals surface area contributed by atoms with Crippen molar-refractivity contribution in [2.75, 3.05) is 0 Å². The first-order valence-corrected chi connectivity index (χ1v) is 17.7. The van der Waals surface area contributed by atoms with E-state index in [2.05, 4.69) is 133 Å². The quantitative estimate of drug-likeness (QED) is 0.321. The third-order valence-electron chi connectivity index (χ3n) is 8.60. The molecule has 0 unspecified atom stereocenters. The molecule has 0 aromatic heterocycles. The molecule has 0 spiro atoms. The molecule has 4 aromatic carbocycles. The molecule has 4 aromatic rings. The normalized spacial score (nSPS) is 13.0. The molecule has 2 aliphatic carbocycles. The summed E-state index contributed by atoms with van der Waals surface area (Å²) in [5.41, 5.74) is 17.1. The summed E-state index contributed by atoms with van der Waals surface area (Å²) in [5.74, 6) is 0. The van der Waals surface area contributed by atoms with Crippen LogP contribution in [0.1, 0.15) is 65.7 Å². The number of fused-ring (bicyclic) bond motifs is 3. The maximum absolute atomic E-state index is 2.60. The van der Waals surface area contributed by atoms with Crippen LogP contribution in [0.5, 0.6) is 0 Å². The SMILES string of the molecule is Cc1ccc([C](c2ccc(C)cc2)=[Zr+2]([C]2=CC=CC2)[CH]2c3cc(C)c(C)cc3-c3cc(C)c(C)cc32)cc1.[Cl-].[Cl-]. The van der Waals surface area contributed by atoms with Crippen LogP contribution in [-0.2, 0) is 21.3 Å². The van der Waals surface area contributed by atoms with Crippen molar-refractivity contribution in [3.05, 3.63) is 150 Å². The Balaban J connectivity index is 0.00000185. The van der Waals surface area contributed by atoms with Gasteiger partial charge in [-0.1, -0.05) is 0 Å². The van der Waals surface area contributed by atoms with Crippen LogP contribution in [0.4, 0.5) is 0 Å². The molecule has 3 heteroatoms. The molecular weight excluding hydrogens is 607 g/mol. The van der Waals surface area contributed by atoms with Crippen LogP contribution >= 0.6 is 0 Å².